The summed E-state index contributed by atoms with van der Waals surface area (Å²) in [6, 6.07) is 20.7. The molecule has 4 heteroatoms. The van der Waals surface area contributed by atoms with Gasteiger partial charge in [0.15, 0.2) is 10.4 Å². The molecule has 20 heavy (non-hydrogen) atoms. The van der Waals surface area contributed by atoms with Crippen LogP contribution in [0.4, 0.5) is 0 Å². The molecule has 0 atom stereocenters. The van der Waals surface area contributed by atoms with Crippen LogP contribution in [0.1, 0.15) is 0 Å². The maximum atomic E-state index is 5.32. The van der Waals surface area contributed by atoms with Crippen molar-refractivity contribution in [2.24, 2.45) is 0 Å². The predicted molar refractivity (Wildman–Crippen MR) is 83.3 cm³/mol. The van der Waals surface area contributed by atoms with Crippen molar-refractivity contribution in [1.82, 2.24) is 14.6 Å². The quantitative estimate of drug-likeness (QED) is 0.529. The number of aromatic nitrogens is 3. The lowest BCUT2D eigenvalue weighted by Gasteiger charge is -2.08. The first-order chi connectivity index (χ1) is 9.84. The molecule has 0 aliphatic carbocycles. The van der Waals surface area contributed by atoms with Gasteiger partial charge < -0.3 is 0 Å². The standard InChI is InChI=1S/C16H11N3S/c20-16-18-17-15-10-13(11-6-2-1-3-7-11)12-8-4-5-9-14(12)19(15)16/h1-10H,(H,18,20). The van der Waals surface area contributed by atoms with E-state index < -0.39 is 0 Å². The van der Waals surface area contributed by atoms with Crippen molar-refractivity contribution in [2.75, 3.05) is 0 Å². The summed E-state index contributed by atoms with van der Waals surface area (Å²) in [5.41, 5.74) is 4.26. The fourth-order valence-electron chi connectivity index (χ4n) is 2.60. The first kappa shape index (κ1) is 11.4. The zero-order valence-corrected chi connectivity index (χ0v) is 11.4. The highest BCUT2D eigenvalue weighted by Crippen LogP contribution is 2.29. The molecule has 0 saturated carbocycles. The molecule has 2 heterocycles. The fraction of sp³-hybridized carbons (Fsp3) is 0. The molecule has 0 bridgehead atoms. The fourth-order valence-corrected chi connectivity index (χ4v) is 2.84. The normalized spacial score (nSPS) is 11.2. The molecule has 4 rings (SSSR count). The Morgan fingerprint density at radius 3 is 2.55 bits per heavy atom. The summed E-state index contributed by atoms with van der Waals surface area (Å²) in [5, 5.41) is 8.33. The molecule has 0 amide bonds. The van der Waals surface area contributed by atoms with Gasteiger partial charge >= 0.3 is 0 Å². The highest BCUT2D eigenvalue weighted by Gasteiger charge is 2.09. The highest BCUT2D eigenvalue weighted by molar-refractivity contribution is 7.71. The minimum Gasteiger partial charge on any atom is -0.268 e. The van der Waals surface area contributed by atoms with Gasteiger partial charge in [-0.25, -0.2) is 0 Å². The van der Waals surface area contributed by atoms with E-state index in [1.54, 1.807) is 0 Å². The molecular weight excluding hydrogens is 266 g/mol. The number of hydrogen-bond donors (Lipinski definition) is 1. The molecule has 2 aromatic heterocycles. The zero-order valence-electron chi connectivity index (χ0n) is 10.6. The third-order valence-electron chi connectivity index (χ3n) is 3.49. The minimum atomic E-state index is 0.621. The smallest absolute Gasteiger partial charge is 0.200 e. The molecule has 0 fully saturated rings. The molecule has 0 aliphatic rings. The summed E-state index contributed by atoms with van der Waals surface area (Å²) in [6.07, 6.45) is 0. The lowest BCUT2D eigenvalue weighted by atomic mass is 10.0. The van der Waals surface area contributed by atoms with Gasteiger partial charge in [-0.15, -0.1) is 0 Å². The number of benzene rings is 2. The van der Waals surface area contributed by atoms with Gasteiger partial charge in [-0.1, -0.05) is 48.5 Å². The van der Waals surface area contributed by atoms with Gasteiger partial charge in [-0.3, -0.25) is 9.50 Å². The third-order valence-corrected chi connectivity index (χ3v) is 3.77. The maximum absolute atomic E-state index is 5.32. The van der Waals surface area contributed by atoms with E-state index in [2.05, 4.69) is 40.5 Å². The second kappa shape index (κ2) is 4.28. The van der Waals surface area contributed by atoms with Crippen LogP contribution in [0.5, 0.6) is 0 Å². The number of nitrogens with one attached hydrogen (secondary N) is 1. The lowest BCUT2D eigenvalue weighted by Crippen LogP contribution is -1.91. The summed E-state index contributed by atoms with van der Waals surface area (Å²) < 4.78 is 2.59. The van der Waals surface area contributed by atoms with Crippen LogP contribution in [0, 0.1) is 4.77 Å². The molecule has 0 saturated heterocycles. The van der Waals surface area contributed by atoms with Gasteiger partial charge in [0.2, 0.25) is 0 Å². The first-order valence-corrected chi connectivity index (χ1v) is 6.80. The van der Waals surface area contributed by atoms with Crippen LogP contribution in [-0.4, -0.2) is 14.6 Å². The largest absolute Gasteiger partial charge is 0.268 e. The number of rotatable bonds is 1. The molecule has 4 aromatic rings. The number of hydrogen-bond acceptors (Lipinski definition) is 2. The Bertz CT molecular complexity index is 967. The molecule has 0 spiro atoms. The van der Waals surface area contributed by atoms with Crippen LogP contribution in [0.2, 0.25) is 0 Å². The van der Waals surface area contributed by atoms with Gasteiger partial charge in [0.05, 0.1) is 5.52 Å². The topological polar surface area (TPSA) is 33.1 Å². The Balaban J connectivity index is 2.23. The Morgan fingerprint density at radius 1 is 0.950 bits per heavy atom. The third kappa shape index (κ3) is 1.58. The van der Waals surface area contributed by atoms with E-state index in [9.17, 15) is 0 Å². The zero-order chi connectivity index (χ0) is 13.5. The van der Waals surface area contributed by atoms with E-state index >= 15 is 0 Å². The molecule has 0 aliphatic heterocycles. The van der Waals surface area contributed by atoms with Gasteiger partial charge in [-0.05, 0) is 35.5 Å². The van der Waals surface area contributed by atoms with E-state index in [0.717, 1.165) is 11.2 Å². The summed E-state index contributed by atoms with van der Waals surface area (Å²) in [6.45, 7) is 0. The average molecular weight is 277 g/mol. The van der Waals surface area contributed by atoms with E-state index in [4.69, 9.17) is 12.2 Å². The van der Waals surface area contributed by atoms with E-state index in [1.165, 1.54) is 16.5 Å². The summed E-state index contributed by atoms with van der Waals surface area (Å²) in [4.78, 5) is 0. The van der Waals surface area contributed by atoms with E-state index in [1.807, 2.05) is 34.7 Å². The van der Waals surface area contributed by atoms with Crippen LogP contribution in [0.3, 0.4) is 0 Å². The predicted octanol–water partition coefficient (Wildman–Crippen LogP) is 4.21. The van der Waals surface area contributed by atoms with E-state index in [-0.39, 0.29) is 0 Å². The maximum Gasteiger partial charge on any atom is 0.200 e. The van der Waals surface area contributed by atoms with Crippen LogP contribution >= 0.6 is 12.2 Å². The van der Waals surface area contributed by atoms with Crippen molar-refractivity contribution >= 4 is 28.8 Å². The number of pyridine rings is 1. The Morgan fingerprint density at radius 2 is 1.70 bits per heavy atom. The number of para-hydroxylation sites is 1. The Hall–Kier alpha value is -2.46. The van der Waals surface area contributed by atoms with Crippen molar-refractivity contribution in [3.05, 3.63) is 65.4 Å². The van der Waals surface area contributed by atoms with Crippen molar-refractivity contribution < 1.29 is 0 Å². The number of aromatic amines is 1. The molecule has 0 unspecified atom stereocenters. The second-order valence-electron chi connectivity index (χ2n) is 4.66. The molecule has 2 aromatic carbocycles. The summed E-state index contributed by atoms with van der Waals surface area (Å²) in [5.74, 6) is 0. The van der Waals surface area contributed by atoms with Gasteiger partial charge in [0.25, 0.3) is 0 Å². The van der Waals surface area contributed by atoms with Crippen molar-refractivity contribution in [3.8, 4) is 11.1 Å². The van der Waals surface area contributed by atoms with Crippen molar-refractivity contribution in [1.29, 1.82) is 0 Å². The van der Waals surface area contributed by atoms with Gasteiger partial charge in [0.1, 0.15) is 0 Å². The molecule has 96 valence electrons. The van der Waals surface area contributed by atoms with Crippen LogP contribution < -0.4 is 0 Å². The van der Waals surface area contributed by atoms with Gasteiger partial charge in [-0.2, -0.15) is 5.10 Å². The van der Waals surface area contributed by atoms with Crippen molar-refractivity contribution in [2.45, 2.75) is 0 Å². The Labute approximate surface area is 120 Å². The second-order valence-corrected chi connectivity index (χ2v) is 5.05. The van der Waals surface area contributed by atoms with Crippen molar-refractivity contribution in [3.63, 3.8) is 0 Å². The highest BCUT2D eigenvalue weighted by atomic mass is 32.1. The molecule has 1 N–H and O–H groups in total. The average Bonchev–Trinajstić information content (AvgIpc) is 2.89. The molecule has 3 nitrogen and oxygen atoms in total. The number of nitrogens with zero attached hydrogens (tertiary/aromatic N) is 2. The van der Waals surface area contributed by atoms with Gasteiger partial charge in [0, 0.05) is 5.39 Å². The SMILES string of the molecule is S=c1[nH]nc2cc(-c3ccccc3)c3ccccc3n12. The molecular formula is C16H11N3S. The van der Waals surface area contributed by atoms with Crippen LogP contribution in [0.25, 0.3) is 27.7 Å². The monoisotopic (exact) mass is 277 g/mol. The molecule has 0 radical (unpaired) electrons. The minimum absolute atomic E-state index is 0.621. The number of H-pyrrole nitrogens is 1. The van der Waals surface area contributed by atoms with E-state index in [0.29, 0.717) is 4.77 Å². The summed E-state index contributed by atoms with van der Waals surface area (Å²) >= 11 is 5.32. The lowest BCUT2D eigenvalue weighted by molar-refractivity contribution is 1.09. The van der Waals surface area contributed by atoms with Crippen LogP contribution in [-0.2, 0) is 0 Å². The van der Waals surface area contributed by atoms with Crippen LogP contribution in [0.15, 0.2) is 60.7 Å². The number of fused-ring (bicyclic) bond motifs is 3. The Kier molecular flexibility index (Phi) is 2.44. The first-order valence-electron chi connectivity index (χ1n) is 6.39. The summed E-state index contributed by atoms with van der Waals surface area (Å²) in [7, 11) is 0.